The summed E-state index contributed by atoms with van der Waals surface area (Å²) < 4.78 is 13.5. The van der Waals surface area contributed by atoms with Gasteiger partial charge in [-0.15, -0.1) is 0 Å². The number of aliphatic hydroxyl groups excluding tert-OH is 1. The van der Waals surface area contributed by atoms with E-state index in [4.69, 9.17) is 9.47 Å². The second-order valence-electron chi connectivity index (χ2n) is 14.9. The van der Waals surface area contributed by atoms with Crippen LogP contribution in [0.3, 0.4) is 0 Å². The Bertz CT molecular complexity index is 1990. The number of anilines is 2. The van der Waals surface area contributed by atoms with E-state index in [9.17, 15) is 14.7 Å². The van der Waals surface area contributed by atoms with Gasteiger partial charge in [-0.25, -0.2) is 0 Å². The first-order valence-electron chi connectivity index (χ1n) is 18.2. The second-order valence-corrected chi connectivity index (χ2v) is 20.5. The van der Waals surface area contributed by atoms with Crippen molar-refractivity contribution >= 4 is 58.3 Å². The third-order valence-electron chi connectivity index (χ3n) is 11.6. The SMILES string of the molecule is COc1ccc([Si](C)(C)[C@@H]2[C@@H](CC(=O)N(CCO)Cc3ccccc3)O[C@]3(C(=O)N(Cc4ccc(N5CCC5=O)cc4)c4ccc(Br)cc43)[C@H]2C)cc1. The Morgan fingerprint density at radius 2 is 1.72 bits per heavy atom. The number of methoxy groups -OCH3 is 1. The molecule has 2 saturated heterocycles. The van der Waals surface area contributed by atoms with E-state index < -0.39 is 19.8 Å². The van der Waals surface area contributed by atoms with Crippen LogP contribution in [0.1, 0.15) is 36.5 Å². The minimum Gasteiger partial charge on any atom is -0.497 e. The number of nitrogens with zero attached hydrogens (tertiary/aromatic N) is 3. The molecule has 0 radical (unpaired) electrons. The maximum absolute atomic E-state index is 15.2. The largest absolute Gasteiger partial charge is 0.497 e. The van der Waals surface area contributed by atoms with Crippen LogP contribution < -0.4 is 19.7 Å². The lowest BCUT2D eigenvalue weighted by atomic mass is 9.82. The van der Waals surface area contributed by atoms with Gasteiger partial charge in [-0.2, -0.15) is 0 Å². The molecular weight excluding hydrogens is 750 g/mol. The Balaban J connectivity index is 1.26. The fourth-order valence-corrected chi connectivity index (χ4v) is 13.1. The number of hydrogen-bond donors (Lipinski definition) is 1. The summed E-state index contributed by atoms with van der Waals surface area (Å²) in [5.41, 5.74) is 2.89. The Morgan fingerprint density at radius 1 is 1.00 bits per heavy atom. The van der Waals surface area contributed by atoms with Crippen molar-refractivity contribution in [3.8, 4) is 5.75 Å². The number of carbonyl (C=O) groups excluding carboxylic acids is 3. The maximum Gasteiger partial charge on any atom is 0.264 e. The van der Waals surface area contributed by atoms with Crippen LogP contribution in [0.15, 0.2) is 102 Å². The van der Waals surface area contributed by atoms with Crippen molar-refractivity contribution < 1.29 is 29.0 Å². The number of halogens is 1. The molecule has 3 aliphatic heterocycles. The summed E-state index contributed by atoms with van der Waals surface area (Å²) >= 11 is 3.68. The smallest absolute Gasteiger partial charge is 0.264 e. The molecule has 4 atom stereocenters. The Kier molecular flexibility index (Phi) is 10.4. The van der Waals surface area contributed by atoms with Crippen LogP contribution in [-0.4, -0.2) is 68.7 Å². The molecule has 4 aromatic rings. The molecule has 7 rings (SSSR count). The fraction of sp³-hybridized carbons (Fsp3) is 0.357. The van der Waals surface area contributed by atoms with Gasteiger partial charge >= 0.3 is 0 Å². The minimum atomic E-state index is -2.49. The van der Waals surface area contributed by atoms with Gasteiger partial charge in [0.25, 0.3) is 5.91 Å². The Labute approximate surface area is 320 Å². The normalized spacial score (nSPS) is 22.3. The van der Waals surface area contributed by atoms with Crippen molar-refractivity contribution in [2.45, 2.75) is 63.2 Å². The molecule has 2 fully saturated rings. The van der Waals surface area contributed by atoms with Crippen LogP contribution in [0.5, 0.6) is 5.75 Å². The van der Waals surface area contributed by atoms with E-state index in [-0.39, 0.29) is 48.8 Å². The monoisotopic (exact) mass is 795 g/mol. The van der Waals surface area contributed by atoms with Gasteiger partial charge in [0.2, 0.25) is 11.8 Å². The Hall–Kier alpha value is -4.29. The van der Waals surface area contributed by atoms with E-state index >= 15 is 4.79 Å². The molecule has 53 heavy (non-hydrogen) atoms. The summed E-state index contributed by atoms with van der Waals surface area (Å²) in [5, 5.41) is 11.2. The van der Waals surface area contributed by atoms with Crippen molar-refractivity contribution in [1.29, 1.82) is 0 Å². The number of fused-ring (bicyclic) bond motifs is 2. The van der Waals surface area contributed by atoms with Gasteiger partial charge in [0.05, 0.1) is 46.5 Å². The molecule has 3 amide bonds. The van der Waals surface area contributed by atoms with Gasteiger partial charge in [0.15, 0.2) is 5.60 Å². The molecule has 0 saturated carbocycles. The first-order chi connectivity index (χ1) is 25.5. The fourth-order valence-electron chi connectivity index (χ4n) is 8.71. The predicted octanol–water partition coefficient (Wildman–Crippen LogP) is 6.37. The third-order valence-corrected chi connectivity index (χ3v) is 16.4. The van der Waals surface area contributed by atoms with Gasteiger partial charge in [0, 0.05) is 47.7 Å². The molecule has 1 spiro atoms. The number of ether oxygens (including phenoxy) is 2. The van der Waals surface area contributed by atoms with Crippen molar-refractivity contribution in [2.75, 3.05) is 36.6 Å². The van der Waals surface area contributed by atoms with Gasteiger partial charge in [-0.05, 0) is 59.1 Å². The van der Waals surface area contributed by atoms with E-state index in [1.165, 1.54) is 5.19 Å². The van der Waals surface area contributed by atoms with E-state index in [0.717, 1.165) is 38.3 Å². The summed E-state index contributed by atoms with van der Waals surface area (Å²) in [5.74, 6) is 0.331. The zero-order valence-electron chi connectivity index (χ0n) is 30.6. The third kappa shape index (κ3) is 6.73. The van der Waals surface area contributed by atoms with Crippen molar-refractivity contribution in [1.82, 2.24) is 4.90 Å². The summed E-state index contributed by atoms with van der Waals surface area (Å²) in [7, 11) is -0.842. The number of carbonyl (C=O) groups is 3. The molecule has 0 bridgehead atoms. The average molecular weight is 797 g/mol. The van der Waals surface area contributed by atoms with Crippen LogP contribution in [0.25, 0.3) is 0 Å². The van der Waals surface area contributed by atoms with Crippen LogP contribution in [0, 0.1) is 5.92 Å². The molecule has 3 heterocycles. The van der Waals surface area contributed by atoms with Gasteiger partial charge in [-0.1, -0.05) is 95.7 Å². The number of aliphatic hydroxyl groups is 1. The average Bonchev–Trinajstić information content (AvgIpc) is 3.57. The summed E-state index contributed by atoms with van der Waals surface area (Å²) in [6.07, 6.45) is 0.0699. The van der Waals surface area contributed by atoms with Gasteiger partial charge in [0.1, 0.15) is 5.75 Å². The molecule has 4 aromatic carbocycles. The lowest BCUT2D eigenvalue weighted by Crippen LogP contribution is -2.52. The van der Waals surface area contributed by atoms with Crippen LogP contribution >= 0.6 is 15.9 Å². The van der Waals surface area contributed by atoms with Crippen molar-refractivity contribution in [3.05, 3.63) is 118 Å². The molecule has 9 nitrogen and oxygen atoms in total. The number of rotatable bonds is 12. The number of amides is 3. The molecular formula is C42H46BrN3O6Si. The van der Waals surface area contributed by atoms with E-state index in [0.29, 0.717) is 26.1 Å². The molecule has 3 aliphatic rings. The van der Waals surface area contributed by atoms with Crippen LogP contribution in [0.4, 0.5) is 11.4 Å². The van der Waals surface area contributed by atoms with E-state index in [1.54, 1.807) is 16.9 Å². The zero-order valence-corrected chi connectivity index (χ0v) is 33.2. The maximum atomic E-state index is 15.2. The first-order valence-corrected chi connectivity index (χ1v) is 22.1. The highest BCUT2D eigenvalue weighted by Gasteiger charge is 2.66. The topological polar surface area (TPSA) is 99.6 Å². The summed E-state index contributed by atoms with van der Waals surface area (Å²) in [4.78, 5) is 46.8. The molecule has 276 valence electrons. The number of β-lactam (4-membered cyclic amide) rings is 1. The summed E-state index contributed by atoms with van der Waals surface area (Å²) in [6, 6.07) is 31.7. The first kappa shape index (κ1) is 37.0. The van der Waals surface area contributed by atoms with Crippen molar-refractivity contribution in [3.63, 3.8) is 0 Å². The Morgan fingerprint density at radius 3 is 2.34 bits per heavy atom. The summed E-state index contributed by atoms with van der Waals surface area (Å²) in [6.45, 7) is 8.16. The predicted molar refractivity (Wildman–Crippen MR) is 212 cm³/mol. The standard InChI is InChI=1S/C42H46BrN3O6Si/c1-28-40(53(3,4)34-17-15-33(51-2)16-18-34)37(25-39(49)44(22-23-47)26-29-8-6-5-7-9-29)52-42(28)35-24-31(43)12-19-36(35)46(41(42)50)27-30-10-13-32(14-11-30)45-21-20-38(45)48/h5-19,24,28,37,40,47H,20-23,25-27H2,1-4H3/t28-,37+,40-,42+/m0/s1. The van der Waals surface area contributed by atoms with E-state index in [2.05, 4.69) is 48.1 Å². The minimum absolute atomic E-state index is 0.0729. The van der Waals surface area contributed by atoms with Crippen LogP contribution in [0.2, 0.25) is 18.6 Å². The molecule has 0 aliphatic carbocycles. The lowest BCUT2D eigenvalue weighted by molar-refractivity contribution is -0.150. The second kappa shape index (κ2) is 14.9. The van der Waals surface area contributed by atoms with E-state index in [1.807, 2.05) is 89.8 Å². The number of hydrogen-bond acceptors (Lipinski definition) is 6. The lowest BCUT2D eigenvalue weighted by Gasteiger charge is -2.37. The highest BCUT2D eigenvalue weighted by Crippen LogP contribution is 2.60. The van der Waals surface area contributed by atoms with Gasteiger partial charge < -0.3 is 29.3 Å². The quantitative estimate of drug-likeness (QED) is 0.132. The highest BCUT2D eigenvalue weighted by molar-refractivity contribution is 9.10. The zero-order chi connectivity index (χ0) is 37.5. The molecule has 0 aromatic heterocycles. The molecule has 0 unspecified atom stereocenters. The van der Waals surface area contributed by atoms with Crippen LogP contribution in [-0.2, 0) is 37.8 Å². The number of benzene rings is 4. The van der Waals surface area contributed by atoms with Gasteiger partial charge in [-0.3, -0.25) is 14.4 Å². The van der Waals surface area contributed by atoms with Crippen molar-refractivity contribution in [2.24, 2.45) is 5.92 Å². The molecule has 11 heteroatoms. The molecule has 1 N–H and O–H groups in total. The highest BCUT2D eigenvalue weighted by atomic mass is 79.9.